The van der Waals surface area contributed by atoms with Crippen molar-refractivity contribution in [1.82, 2.24) is 10.2 Å². The van der Waals surface area contributed by atoms with E-state index in [1.807, 2.05) is 44.2 Å². The predicted octanol–water partition coefficient (Wildman–Crippen LogP) is 1.83. The Morgan fingerprint density at radius 2 is 1.86 bits per heavy atom. The Morgan fingerprint density at radius 3 is 2.45 bits per heavy atom. The fourth-order valence-electron chi connectivity index (χ4n) is 2.58. The summed E-state index contributed by atoms with van der Waals surface area (Å²) >= 11 is 0. The van der Waals surface area contributed by atoms with Gasteiger partial charge in [-0.25, -0.2) is 0 Å². The average molecular weight is 304 g/mol. The molecule has 1 aliphatic rings. The van der Waals surface area contributed by atoms with Crippen LogP contribution in [0.15, 0.2) is 30.3 Å². The first-order valence-electron chi connectivity index (χ1n) is 7.82. The molecule has 0 bridgehead atoms. The molecule has 0 aromatic heterocycles. The number of hydrogen-bond donors (Lipinski definition) is 1. The summed E-state index contributed by atoms with van der Waals surface area (Å²) in [7, 11) is 0. The Bertz CT molecular complexity index is 494. The predicted molar refractivity (Wildman–Crippen MR) is 84.6 cm³/mol. The van der Waals surface area contributed by atoms with Crippen LogP contribution in [0.25, 0.3) is 0 Å². The summed E-state index contributed by atoms with van der Waals surface area (Å²) in [6, 6.07) is 9.41. The zero-order chi connectivity index (χ0) is 15.9. The molecule has 1 aliphatic heterocycles. The molecule has 0 unspecified atom stereocenters. The summed E-state index contributed by atoms with van der Waals surface area (Å²) in [4.78, 5) is 25.8. The Hall–Kier alpha value is -1.88. The van der Waals surface area contributed by atoms with Crippen molar-refractivity contribution in [3.8, 4) is 0 Å². The first-order valence-corrected chi connectivity index (χ1v) is 7.82. The highest BCUT2D eigenvalue weighted by Gasteiger charge is 2.23. The minimum atomic E-state index is -0.179. The normalized spacial score (nSPS) is 16.5. The minimum Gasteiger partial charge on any atom is -0.462 e. The van der Waals surface area contributed by atoms with Crippen molar-refractivity contribution in [2.24, 2.45) is 0 Å². The fraction of sp³-hybridized carbons (Fsp3) is 0.529. The third-order valence-corrected chi connectivity index (χ3v) is 3.68. The van der Waals surface area contributed by atoms with Gasteiger partial charge in [-0.15, -0.1) is 0 Å². The number of amides is 1. The maximum Gasteiger partial charge on any atom is 0.320 e. The van der Waals surface area contributed by atoms with Gasteiger partial charge in [-0.3, -0.25) is 14.5 Å². The van der Waals surface area contributed by atoms with E-state index >= 15 is 0 Å². The van der Waals surface area contributed by atoms with Crippen LogP contribution >= 0.6 is 0 Å². The van der Waals surface area contributed by atoms with Crippen LogP contribution in [0.1, 0.15) is 37.0 Å². The Balaban J connectivity index is 1.73. The number of rotatable bonds is 5. The molecule has 1 aromatic carbocycles. The second-order valence-corrected chi connectivity index (χ2v) is 5.93. The van der Waals surface area contributed by atoms with E-state index in [-0.39, 0.29) is 24.0 Å². The van der Waals surface area contributed by atoms with E-state index in [9.17, 15) is 9.59 Å². The van der Waals surface area contributed by atoms with Crippen LogP contribution in [0.3, 0.4) is 0 Å². The van der Waals surface area contributed by atoms with E-state index in [2.05, 4.69) is 10.2 Å². The largest absolute Gasteiger partial charge is 0.462 e. The van der Waals surface area contributed by atoms with Crippen molar-refractivity contribution in [3.63, 3.8) is 0 Å². The number of nitrogens with one attached hydrogen (secondary N) is 1. The summed E-state index contributed by atoms with van der Waals surface area (Å²) in [6.45, 7) is 5.63. The number of likely N-dealkylation sites (tertiary alicyclic amines) is 1. The monoisotopic (exact) mass is 304 g/mol. The van der Waals surface area contributed by atoms with Crippen molar-refractivity contribution in [1.29, 1.82) is 0 Å². The lowest BCUT2D eigenvalue weighted by atomic mass is 10.0. The zero-order valence-electron chi connectivity index (χ0n) is 13.2. The van der Waals surface area contributed by atoms with E-state index in [4.69, 9.17) is 4.74 Å². The number of carbonyl (C=O) groups is 2. The molecule has 5 nitrogen and oxygen atoms in total. The molecule has 1 fully saturated rings. The molecular formula is C17H24N2O3. The van der Waals surface area contributed by atoms with Gasteiger partial charge in [0.2, 0.25) is 0 Å². The number of esters is 1. The molecule has 0 aliphatic carbocycles. The van der Waals surface area contributed by atoms with Crippen molar-refractivity contribution < 1.29 is 14.3 Å². The minimum absolute atomic E-state index is 0.0294. The van der Waals surface area contributed by atoms with Gasteiger partial charge in [0.05, 0.1) is 12.6 Å². The summed E-state index contributed by atoms with van der Waals surface area (Å²) in [5, 5.41) is 3.06. The Kier molecular flexibility index (Phi) is 5.95. The number of ether oxygens (including phenoxy) is 1. The van der Waals surface area contributed by atoms with Crippen molar-refractivity contribution >= 4 is 11.9 Å². The Labute approximate surface area is 131 Å². The summed E-state index contributed by atoms with van der Waals surface area (Å²) < 4.78 is 5.15. The quantitative estimate of drug-likeness (QED) is 0.843. The molecule has 120 valence electrons. The number of piperidine rings is 1. The summed E-state index contributed by atoms with van der Waals surface area (Å²) in [5.41, 5.74) is 0.686. The summed E-state index contributed by atoms with van der Waals surface area (Å²) in [6.07, 6.45) is 1.64. The van der Waals surface area contributed by atoms with Gasteiger partial charge in [0.15, 0.2) is 0 Å². The van der Waals surface area contributed by atoms with Gasteiger partial charge in [-0.05, 0) is 38.8 Å². The molecule has 0 spiro atoms. The van der Waals surface area contributed by atoms with Crippen LogP contribution < -0.4 is 5.32 Å². The molecule has 1 saturated heterocycles. The SMILES string of the molecule is CC(C)OC(=O)CN1CCC(NC(=O)c2ccccc2)CC1. The molecule has 0 atom stereocenters. The fourth-order valence-corrected chi connectivity index (χ4v) is 2.58. The van der Waals surface area contributed by atoms with Crippen LogP contribution in [0.5, 0.6) is 0 Å². The van der Waals surface area contributed by atoms with Crippen LogP contribution in [0.2, 0.25) is 0 Å². The van der Waals surface area contributed by atoms with E-state index in [1.54, 1.807) is 0 Å². The maximum absolute atomic E-state index is 12.1. The van der Waals surface area contributed by atoms with Crippen molar-refractivity contribution in [2.45, 2.75) is 38.8 Å². The van der Waals surface area contributed by atoms with Gasteiger partial charge in [0, 0.05) is 24.7 Å². The topological polar surface area (TPSA) is 58.6 Å². The highest BCUT2D eigenvalue weighted by molar-refractivity contribution is 5.94. The summed E-state index contributed by atoms with van der Waals surface area (Å²) in [5.74, 6) is -0.208. The number of hydrogen-bond acceptors (Lipinski definition) is 4. The van der Waals surface area contributed by atoms with E-state index < -0.39 is 0 Å². The lowest BCUT2D eigenvalue weighted by Crippen LogP contribution is -2.46. The third-order valence-electron chi connectivity index (χ3n) is 3.68. The lowest BCUT2D eigenvalue weighted by Gasteiger charge is -2.31. The van der Waals surface area contributed by atoms with Gasteiger partial charge >= 0.3 is 5.97 Å². The van der Waals surface area contributed by atoms with Crippen LogP contribution in [0.4, 0.5) is 0 Å². The number of nitrogens with zero attached hydrogens (tertiary/aromatic N) is 1. The maximum atomic E-state index is 12.1. The highest BCUT2D eigenvalue weighted by Crippen LogP contribution is 2.11. The standard InChI is InChI=1S/C17H24N2O3/c1-13(2)22-16(20)12-19-10-8-15(9-11-19)18-17(21)14-6-4-3-5-7-14/h3-7,13,15H,8-12H2,1-2H3,(H,18,21). The molecule has 1 N–H and O–H groups in total. The molecule has 0 radical (unpaired) electrons. The van der Waals surface area contributed by atoms with Gasteiger partial charge in [-0.2, -0.15) is 0 Å². The number of carbonyl (C=O) groups excluding carboxylic acids is 2. The van der Waals surface area contributed by atoms with Crippen LogP contribution in [-0.4, -0.2) is 48.6 Å². The molecule has 1 aromatic rings. The van der Waals surface area contributed by atoms with Gasteiger partial charge < -0.3 is 10.1 Å². The van der Waals surface area contributed by atoms with E-state index in [0.29, 0.717) is 12.1 Å². The molecule has 5 heteroatoms. The molecular weight excluding hydrogens is 280 g/mol. The Morgan fingerprint density at radius 1 is 1.23 bits per heavy atom. The first-order chi connectivity index (χ1) is 10.5. The van der Waals surface area contributed by atoms with Gasteiger partial charge in [-0.1, -0.05) is 18.2 Å². The smallest absolute Gasteiger partial charge is 0.320 e. The molecule has 2 rings (SSSR count). The first kappa shape index (κ1) is 16.5. The zero-order valence-corrected chi connectivity index (χ0v) is 13.2. The van der Waals surface area contributed by atoms with Crippen molar-refractivity contribution in [3.05, 3.63) is 35.9 Å². The second kappa shape index (κ2) is 7.94. The van der Waals surface area contributed by atoms with Gasteiger partial charge in [0.25, 0.3) is 5.91 Å². The van der Waals surface area contributed by atoms with Gasteiger partial charge in [0.1, 0.15) is 0 Å². The molecule has 1 heterocycles. The van der Waals surface area contributed by atoms with Crippen molar-refractivity contribution in [2.75, 3.05) is 19.6 Å². The molecule has 0 saturated carbocycles. The van der Waals surface area contributed by atoms with Crippen LogP contribution in [-0.2, 0) is 9.53 Å². The highest BCUT2D eigenvalue weighted by atomic mass is 16.5. The number of benzene rings is 1. The van der Waals surface area contributed by atoms with E-state index in [1.165, 1.54) is 0 Å². The average Bonchev–Trinajstić information content (AvgIpc) is 2.49. The van der Waals surface area contributed by atoms with E-state index in [0.717, 1.165) is 25.9 Å². The van der Waals surface area contributed by atoms with Crippen LogP contribution in [0, 0.1) is 0 Å². The third kappa shape index (κ3) is 5.15. The second-order valence-electron chi connectivity index (χ2n) is 5.93. The molecule has 1 amide bonds. The molecule has 22 heavy (non-hydrogen) atoms. The lowest BCUT2D eigenvalue weighted by molar-refractivity contribution is -0.149.